The maximum atomic E-state index is 12.0. The SMILES string of the molecule is COc1ccc(NC(=O)COC(=O)CCC(=O)Nc2cccc(Cl)c2)c(OC)c1. The molecule has 0 aliphatic carbocycles. The third-order valence-electron chi connectivity index (χ3n) is 3.71. The van der Waals surface area contributed by atoms with E-state index in [0.717, 1.165) is 0 Å². The van der Waals surface area contributed by atoms with Crippen LogP contribution in [-0.4, -0.2) is 38.6 Å². The Balaban J connectivity index is 1.74. The summed E-state index contributed by atoms with van der Waals surface area (Å²) in [6.45, 7) is -0.482. The minimum atomic E-state index is -0.664. The third kappa shape index (κ3) is 7.34. The van der Waals surface area contributed by atoms with Gasteiger partial charge >= 0.3 is 5.97 Å². The molecule has 0 saturated carbocycles. The van der Waals surface area contributed by atoms with Gasteiger partial charge in [-0.3, -0.25) is 14.4 Å². The zero-order valence-electron chi connectivity index (χ0n) is 16.0. The molecule has 2 amide bonds. The average Bonchev–Trinajstić information content (AvgIpc) is 2.71. The van der Waals surface area contributed by atoms with Crippen LogP contribution in [0.4, 0.5) is 11.4 Å². The Morgan fingerprint density at radius 2 is 1.72 bits per heavy atom. The van der Waals surface area contributed by atoms with E-state index < -0.39 is 18.5 Å². The maximum Gasteiger partial charge on any atom is 0.306 e. The van der Waals surface area contributed by atoms with E-state index in [4.69, 9.17) is 25.8 Å². The molecule has 0 unspecified atom stereocenters. The van der Waals surface area contributed by atoms with Crippen LogP contribution in [0.5, 0.6) is 11.5 Å². The Kier molecular flexibility index (Phi) is 8.29. The van der Waals surface area contributed by atoms with Gasteiger partial charge in [0.1, 0.15) is 11.5 Å². The first kappa shape index (κ1) is 22.0. The summed E-state index contributed by atoms with van der Waals surface area (Å²) in [5, 5.41) is 5.69. The quantitative estimate of drug-likeness (QED) is 0.603. The van der Waals surface area contributed by atoms with Gasteiger partial charge in [0.25, 0.3) is 5.91 Å². The fourth-order valence-corrected chi connectivity index (χ4v) is 2.50. The monoisotopic (exact) mass is 420 g/mol. The summed E-state index contributed by atoms with van der Waals surface area (Å²) >= 11 is 5.84. The smallest absolute Gasteiger partial charge is 0.306 e. The number of carbonyl (C=O) groups excluding carboxylic acids is 3. The van der Waals surface area contributed by atoms with Crippen LogP contribution >= 0.6 is 11.6 Å². The first-order valence-corrected chi connectivity index (χ1v) is 9.02. The number of nitrogens with one attached hydrogen (secondary N) is 2. The lowest BCUT2D eigenvalue weighted by atomic mass is 10.2. The number of rotatable bonds is 9. The Morgan fingerprint density at radius 3 is 2.41 bits per heavy atom. The Morgan fingerprint density at radius 1 is 0.931 bits per heavy atom. The van der Waals surface area contributed by atoms with Crippen molar-refractivity contribution in [3.8, 4) is 11.5 Å². The highest BCUT2D eigenvalue weighted by atomic mass is 35.5. The van der Waals surface area contributed by atoms with Crippen molar-refractivity contribution in [1.82, 2.24) is 0 Å². The predicted octanol–water partition coefficient (Wildman–Crippen LogP) is 3.26. The molecule has 8 nitrogen and oxygen atoms in total. The summed E-state index contributed by atoms with van der Waals surface area (Å²) in [7, 11) is 2.97. The molecule has 2 N–H and O–H groups in total. The van der Waals surface area contributed by atoms with Crippen LogP contribution in [-0.2, 0) is 19.1 Å². The number of hydrogen-bond acceptors (Lipinski definition) is 6. The molecule has 0 aliphatic heterocycles. The molecule has 2 aromatic rings. The Labute approximate surface area is 173 Å². The molecule has 9 heteroatoms. The molecule has 0 aliphatic rings. The van der Waals surface area contributed by atoms with Crippen molar-refractivity contribution in [2.45, 2.75) is 12.8 Å². The van der Waals surface area contributed by atoms with Crippen LogP contribution in [0, 0.1) is 0 Å². The van der Waals surface area contributed by atoms with Crippen LogP contribution in [0.2, 0.25) is 5.02 Å². The summed E-state index contributed by atoms with van der Waals surface area (Å²) in [6, 6.07) is 11.5. The van der Waals surface area contributed by atoms with Crippen LogP contribution in [0.15, 0.2) is 42.5 Å². The highest BCUT2D eigenvalue weighted by molar-refractivity contribution is 6.30. The molecule has 154 valence electrons. The number of ether oxygens (including phenoxy) is 3. The van der Waals surface area contributed by atoms with Crippen LogP contribution in [0.3, 0.4) is 0 Å². The van der Waals surface area contributed by atoms with E-state index >= 15 is 0 Å². The van der Waals surface area contributed by atoms with Gasteiger partial charge in [0.2, 0.25) is 5.91 Å². The molecule has 0 spiro atoms. The number of esters is 1. The fraction of sp³-hybridized carbons (Fsp3) is 0.250. The van der Waals surface area contributed by atoms with Crippen molar-refractivity contribution in [3.63, 3.8) is 0 Å². The molecule has 29 heavy (non-hydrogen) atoms. The van der Waals surface area contributed by atoms with E-state index in [9.17, 15) is 14.4 Å². The van der Waals surface area contributed by atoms with Crippen molar-refractivity contribution in [2.24, 2.45) is 0 Å². The highest BCUT2D eigenvalue weighted by Gasteiger charge is 2.13. The molecule has 0 aromatic heterocycles. The van der Waals surface area contributed by atoms with Gasteiger partial charge < -0.3 is 24.8 Å². The minimum Gasteiger partial charge on any atom is -0.497 e. The molecule has 0 saturated heterocycles. The molecule has 2 aromatic carbocycles. The van der Waals surface area contributed by atoms with Gasteiger partial charge in [0.15, 0.2) is 6.61 Å². The van der Waals surface area contributed by atoms with Crippen LogP contribution in [0.25, 0.3) is 0 Å². The maximum absolute atomic E-state index is 12.0. The van der Waals surface area contributed by atoms with Gasteiger partial charge in [0.05, 0.1) is 26.3 Å². The highest BCUT2D eigenvalue weighted by Crippen LogP contribution is 2.28. The normalized spacial score (nSPS) is 10.0. The molecule has 0 bridgehead atoms. The third-order valence-corrected chi connectivity index (χ3v) is 3.95. The second-order valence-corrected chi connectivity index (χ2v) is 6.27. The molecular weight excluding hydrogens is 400 g/mol. The van der Waals surface area contributed by atoms with Crippen molar-refractivity contribution in [3.05, 3.63) is 47.5 Å². The standard InChI is InChI=1S/C20H21ClN2O6/c1-27-15-6-7-16(17(11-15)28-2)23-19(25)12-29-20(26)9-8-18(24)22-14-5-3-4-13(21)10-14/h3-7,10-11H,8-9,12H2,1-2H3,(H,22,24)(H,23,25). The zero-order chi connectivity index (χ0) is 21.2. The summed E-state index contributed by atoms with van der Waals surface area (Å²) in [5.74, 6) is -0.589. The summed E-state index contributed by atoms with van der Waals surface area (Å²) in [5.41, 5.74) is 0.943. The van der Waals surface area contributed by atoms with E-state index in [2.05, 4.69) is 10.6 Å². The Bertz CT molecular complexity index is 887. The average molecular weight is 421 g/mol. The number of hydrogen-bond donors (Lipinski definition) is 2. The molecule has 0 fully saturated rings. The topological polar surface area (TPSA) is 103 Å². The van der Waals surface area contributed by atoms with E-state index in [1.54, 1.807) is 42.5 Å². The minimum absolute atomic E-state index is 0.0841. The van der Waals surface area contributed by atoms with E-state index in [1.165, 1.54) is 14.2 Å². The predicted molar refractivity (Wildman–Crippen MR) is 108 cm³/mol. The lowest BCUT2D eigenvalue weighted by molar-refractivity contribution is -0.147. The summed E-state index contributed by atoms with van der Waals surface area (Å²) in [6.07, 6.45) is -0.245. The van der Waals surface area contributed by atoms with E-state index in [1.807, 2.05) is 0 Å². The summed E-state index contributed by atoms with van der Waals surface area (Å²) < 4.78 is 15.2. The number of carbonyl (C=O) groups is 3. The van der Waals surface area contributed by atoms with Gasteiger partial charge in [-0.2, -0.15) is 0 Å². The van der Waals surface area contributed by atoms with Crippen LogP contribution in [0.1, 0.15) is 12.8 Å². The van der Waals surface area contributed by atoms with E-state index in [-0.39, 0.29) is 18.7 Å². The lowest BCUT2D eigenvalue weighted by Gasteiger charge is -2.11. The Hall–Kier alpha value is -3.26. The molecule has 0 atom stereocenters. The number of halogens is 1. The summed E-state index contributed by atoms with van der Waals surface area (Å²) in [4.78, 5) is 35.6. The number of methoxy groups -OCH3 is 2. The van der Waals surface area contributed by atoms with Gasteiger partial charge in [-0.1, -0.05) is 17.7 Å². The largest absolute Gasteiger partial charge is 0.497 e. The number of amides is 2. The van der Waals surface area contributed by atoms with Gasteiger partial charge in [-0.25, -0.2) is 0 Å². The van der Waals surface area contributed by atoms with Gasteiger partial charge in [0, 0.05) is 23.2 Å². The van der Waals surface area contributed by atoms with Crippen molar-refractivity contribution in [2.75, 3.05) is 31.5 Å². The molecule has 2 rings (SSSR count). The lowest BCUT2D eigenvalue weighted by Crippen LogP contribution is -2.22. The molecule has 0 heterocycles. The first-order valence-electron chi connectivity index (χ1n) is 8.64. The zero-order valence-corrected chi connectivity index (χ0v) is 16.7. The van der Waals surface area contributed by atoms with E-state index in [0.29, 0.717) is 27.9 Å². The van der Waals surface area contributed by atoms with Crippen molar-refractivity contribution in [1.29, 1.82) is 0 Å². The van der Waals surface area contributed by atoms with Crippen molar-refractivity contribution >= 4 is 40.8 Å². The number of benzene rings is 2. The van der Waals surface area contributed by atoms with Gasteiger partial charge in [-0.05, 0) is 30.3 Å². The molecule has 0 radical (unpaired) electrons. The van der Waals surface area contributed by atoms with Gasteiger partial charge in [-0.15, -0.1) is 0 Å². The first-order chi connectivity index (χ1) is 13.9. The molecular formula is C20H21ClN2O6. The second kappa shape index (κ2) is 10.9. The fourth-order valence-electron chi connectivity index (χ4n) is 2.31. The second-order valence-electron chi connectivity index (χ2n) is 5.83. The van der Waals surface area contributed by atoms with Crippen LogP contribution < -0.4 is 20.1 Å². The number of anilines is 2. The van der Waals surface area contributed by atoms with Crippen molar-refractivity contribution < 1.29 is 28.6 Å².